The first-order valence-corrected chi connectivity index (χ1v) is 25.6. The van der Waals surface area contributed by atoms with Gasteiger partial charge < -0.3 is 4.90 Å². The second-order valence-electron chi connectivity index (χ2n) is 18.3. The fourth-order valence-corrected chi connectivity index (χ4v) is 13.9. The van der Waals surface area contributed by atoms with E-state index in [4.69, 9.17) is 0 Å². The molecule has 2 heterocycles. The summed E-state index contributed by atoms with van der Waals surface area (Å²) in [6.45, 7) is 0. The van der Waals surface area contributed by atoms with Crippen molar-refractivity contribution in [2.45, 2.75) is 5.41 Å². The van der Waals surface area contributed by atoms with Crippen LogP contribution < -0.4 is 4.90 Å². The van der Waals surface area contributed by atoms with E-state index in [0.29, 0.717) is 0 Å². The van der Waals surface area contributed by atoms with Crippen LogP contribution in [0.5, 0.6) is 0 Å². The molecule has 1 nitrogen and oxygen atoms in total. The molecule has 0 bridgehead atoms. The Morgan fingerprint density at radius 1 is 0.286 bits per heavy atom. The van der Waals surface area contributed by atoms with Gasteiger partial charge in [0.05, 0.1) is 11.1 Å². The van der Waals surface area contributed by atoms with Gasteiger partial charge in [0.2, 0.25) is 0 Å². The first-order chi connectivity index (χ1) is 34.7. The van der Waals surface area contributed by atoms with Crippen molar-refractivity contribution in [3.63, 3.8) is 0 Å². The Balaban J connectivity index is 0.912. The molecule has 14 rings (SSSR count). The molecule has 0 amide bonds. The SMILES string of the molecule is c1ccc(C2(c3ccccc3)c3ccccc3-c3c(N(c4ccc(-c5ccc(-c6cccc7c6sc6ccccc67)cc5)cc4)c4ccc(-c5cccc6c5sc5ccccc56)cc4)cccc32)cc1. The van der Waals surface area contributed by atoms with Crippen molar-refractivity contribution in [1.29, 1.82) is 0 Å². The van der Waals surface area contributed by atoms with Crippen LogP contribution in [0.2, 0.25) is 0 Å². The molecule has 0 aliphatic heterocycles. The topological polar surface area (TPSA) is 3.24 Å². The molecule has 0 atom stereocenters. The van der Waals surface area contributed by atoms with Gasteiger partial charge in [0.1, 0.15) is 0 Å². The van der Waals surface area contributed by atoms with E-state index in [0.717, 1.165) is 17.1 Å². The second kappa shape index (κ2) is 16.4. The molecule has 328 valence electrons. The Hall–Kier alpha value is -8.34. The lowest BCUT2D eigenvalue weighted by atomic mass is 9.68. The number of fused-ring (bicyclic) bond motifs is 9. The van der Waals surface area contributed by atoms with Crippen LogP contribution in [0.25, 0.3) is 84.9 Å². The summed E-state index contributed by atoms with van der Waals surface area (Å²) in [4.78, 5) is 2.48. The monoisotopic (exact) mass is 925 g/mol. The standard InChI is InChI=1S/C67H43NS2/c1-3-16-48(17-4-1)67(49-18-5-2-6-19-49)59-27-10-7-22-58(59)64-60(67)28-15-29-61(64)68(51-42-38-47(39-43-51)53-24-14-26-57-55-21-9-12-31-63(55)70-66(53)57)50-40-36-45(37-41-50)44-32-34-46(35-33-44)52-23-13-25-56-54-20-8-11-30-62(54)69-65(52)56/h1-43H. The van der Waals surface area contributed by atoms with Crippen molar-refractivity contribution >= 4 is 80.1 Å². The summed E-state index contributed by atoms with van der Waals surface area (Å²) in [6.07, 6.45) is 0. The molecule has 0 saturated heterocycles. The van der Waals surface area contributed by atoms with Crippen molar-refractivity contribution in [3.05, 3.63) is 283 Å². The average molecular weight is 926 g/mol. The molecule has 0 radical (unpaired) electrons. The fraction of sp³-hybridized carbons (Fsp3) is 0.0149. The zero-order valence-electron chi connectivity index (χ0n) is 38.1. The molecule has 0 spiro atoms. The zero-order valence-corrected chi connectivity index (χ0v) is 39.7. The number of thiophene rings is 2. The Morgan fingerprint density at radius 3 is 1.24 bits per heavy atom. The third kappa shape index (κ3) is 6.29. The van der Waals surface area contributed by atoms with Crippen molar-refractivity contribution in [2.24, 2.45) is 0 Å². The lowest BCUT2D eigenvalue weighted by Crippen LogP contribution is -2.28. The maximum atomic E-state index is 2.48. The smallest absolute Gasteiger partial charge is 0.0714 e. The van der Waals surface area contributed by atoms with E-state index in [1.165, 1.54) is 107 Å². The van der Waals surface area contributed by atoms with Crippen molar-refractivity contribution in [2.75, 3.05) is 4.90 Å². The molecule has 3 heteroatoms. The van der Waals surface area contributed by atoms with Crippen LogP contribution in [0.1, 0.15) is 22.3 Å². The van der Waals surface area contributed by atoms with Crippen LogP contribution in [0.15, 0.2) is 261 Å². The molecule has 11 aromatic carbocycles. The fourth-order valence-electron chi connectivity index (χ4n) is 11.5. The van der Waals surface area contributed by atoms with E-state index in [-0.39, 0.29) is 0 Å². The molecular formula is C67H43NS2. The Morgan fingerprint density at radius 2 is 0.686 bits per heavy atom. The highest BCUT2D eigenvalue weighted by Gasteiger charge is 2.47. The zero-order chi connectivity index (χ0) is 46.2. The molecule has 13 aromatic rings. The lowest BCUT2D eigenvalue weighted by Gasteiger charge is -2.34. The highest BCUT2D eigenvalue weighted by Crippen LogP contribution is 2.59. The molecule has 2 aromatic heterocycles. The van der Waals surface area contributed by atoms with Gasteiger partial charge in [0.25, 0.3) is 0 Å². The van der Waals surface area contributed by atoms with E-state index in [1.54, 1.807) is 0 Å². The summed E-state index contributed by atoms with van der Waals surface area (Å²) >= 11 is 3.76. The molecular weight excluding hydrogens is 883 g/mol. The van der Waals surface area contributed by atoms with Crippen LogP contribution in [-0.4, -0.2) is 0 Å². The number of hydrogen-bond acceptors (Lipinski definition) is 3. The lowest BCUT2D eigenvalue weighted by molar-refractivity contribution is 0.768. The largest absolute Gasteiger partial charge is 0.310 e. The summed E-state index contributed by atoms with van der Waals surface area (Å²) in [5.74, 6) is 0. The third-order valence-electron chi connectivity index (χ3n) is 14.6. The summed E-state index contributed by atoms with van der Waals surface area (Å²) in [7, 11) is 0. The minimum Gasteiger partial charge on any atom is -0.310 e. The molecule has 0 fully saturated rings. The summed E-state index contributed by atoms with van der Waals surface area (Å²) in [6, 6.07) is 96.7. The van der Waals surface area contributed by atoms with Crippen LogP contribution in [0.4, 0.5) is 17.1 Å². The maximum absolute atomic E-state index is 2.48. The number of hydrogen-bond donors (Lipinski definition) is 0. The van der Waals surface area contributed by atoms with E-state index >= 15 is 0 Å². The normalized spacial score (nSPS) is 12.7. The minimum atomic E-state index is -0.512. The van der Waals surface area contributed by atoms with Crippen LogP contribution >= 0.6 is 22.7 Å². The number of nitrogens with zero attached hydrogens (tertiary/aromatic N) is 1. The summed E-state index contributed by atoms with van der Waals surface area (Å²) < 4.78 is 5.31. The minimum absolute atomic E-state index is 0.512. The van der Waals surface area contributed by atoms with Crippen LogP contribution in [0.3, 0.4) is 0 Å². The van der Waals surface area contributed by atoms with Crippen LogP contribution in [0, 0.1) is 0 Å². The molecule has 0 unspecified atom stereocenters. The highest BCUT2D eigenvalue weighted by molar-refractivity contribution is 7.26. The maximum Gasteiger partial charge on any atom is 0.0714 e. The molecule has 0 N–H and O–H groups in total. The van der Waals surface area contributed by atoms with E-state index in [9.17, 15) is 0 Å². The third-order valence-corrected chi connectivity index (χ3v) is 17.0. The number of rotatable bonds is 8. The van der Waals surface area contributed by atoms with E-state index in [1.807, 2.05) is 22.7 Å². The van der Waals surface area contributed by atoms with Gasteiger partial charge >= 0.3 is 0 Å². The van der Waals surface area contributed by atoms with Crippen molar-refractivity contribution in [1.82, 2.24) is 0 Å². The van der Waals surface area contributed by atoms with Crippen molar-refractivity contribution in [3.8, 4) is 44.5 Å². The quantitative estimate of drug-likeness (QED) is 0.147. The van der Waals surface area contributed by atoms with E-state index in [2.05, 4.69) is 266 Å². The highest BCUT2D eigenvalue weighted by atomic mass is 32.1. The van der Waals surface area contributed by atoms with Gasteiger partial charge in [-0.25, -0.2) is 0 Å². The predicted molar refractivity (Wildman–Crippen MR) is 301 cm³/mol. The van der Waals surface area contributed by atoms with Crippen molar-refractivity contribution < 1.29 is 0 Å². The first-order valence-electron chi connectivity index (χ1n) is 24.0. The molecule has 1 aliphatic rings. The number of benzene rings is 11. The predicted octanol–water partition coefficient (Wildman–Crippen LogP) is 19.3. The average Bonchev–Trinajstić information content (AvgIpc) is 4.11. The van der Waals surface area contributed by atoms with Crippen LogP contribution in [-0.2, 0) is 5.41 Å². The number of anilines is 3. The van der Waals surface area contributed by atoms with Gasteiger partial charge in [-0.3, -0.25) is 0 Å². The summed E-state index contributed by atoms with van der Waals surface area (Å²) in [5, 5.41) is 5.28. The Kier molecular flexibility index (Phi) is 9.55. The molecule has 0 saturated carbocycles. The van der Waals surface area contributed by atoms with Gasteiger partial charge in [-0.2, -0.15) is 0 Å². The van der Waals surface area contributed by atoms with Gasteiger partial charge in [0, 0.05) is 57.3 Å². The van der Waals surface area contributed by atoms with E-state index < -0.39 is 5.41 Å². The first kappa shape index (κ1) is 40.7. The second-order valence-corrected chi connectivity index (χ2v) is 20.4. The van der Waals surface area contributed by atoms with Gasteiger partial charge in [-0.1, -0.05) is 218 Å². The Bertz CT molecular complexity index is 4050. The molecule has 70 heavy (non-hydrogen) atoms. The van der Waals surface area contributed by atoms with Gasteiger partial charge in [-0.05, 0) is 104 Å². The van der Waals surface area contributed by atoms with Gasteiger partial charge in [-0.15, -0.1) is 22.7 Å². The molecule has 1 aliphatic carbocycles. The summed E-state index contributed by atoms with van der Waals surface area (Å²) in [5.41, 5.74) is 17.8. The van der Waals surface area contributed by atoms with Gasteiger partial charge in [0.15, 0.2) is 0 Å². The Labute approximate surface area is 415 Å².